The normalized spacial score (nSPS) is 10.8. The van der Waals surface area contributed by atoms with Gasteiger partial charge in [-0.3, -0.25) is 9.59 Å². The molecule has 1 aromatic heterocycles. The van der Waals surface area contributed by atoms with E-state index >= 15 is 0 Å². The van der Waals surface area contributed by atoms with E-state index in [1.165, 1.54) is 18.2 Å². The van der Waals surface area contributed by atoms with Crippen molar-refractivity contribution in [2.24, 2.45) is 7.05 Å². The molecule has 32 heavy (non-hydrogen) atoms. The molecule has 4 aromatic rings. The molecule has 2 N–H and O–H groups in total. The Kier molecular flexibility index (Phi) is 5.98. The van der Waals surface area contributed by atoms with Crippen molar-refractivity contribution in [1.29, 1.82) is 0 Å². The second-order valence-corrected chi connectivity index (χ2v) is 7.63. The Balaban J connectivity index is 1.43. The van der Waals surface area contributed by atoms with Gasteiger partial charge in [0.15, 0.2) is 0 Å². The maximum absolute atomic E-state index is 13.3. The summed E-state index contributed by atoms with van der Waals surface area (Å²) in [6.07, 6.45) is 0.511. The summed E-state index contributed by atoms with van der Waals surface area (Å²) in [5.41, 5.74) is 4.23. The van der Waals surface area contributed by atoms with Crippen LogP contribution in [-0.2, 0) is 13.5 Å². The average molecular weight is 430 g/mol. The fourth-order valence-corrected chi connectivity index (χ4v) is 3.56. The van der Waals surface area contributed by atoms with Gasteiger partial charge in [0.05, 0.1) is 11.0 Å². The molecule has 0 aliphatic heterocycles. The van der Waals surface area contributed by atoms with Gasteiger partial charge in [0.2, 0.25) is 0 Å². The zero-order chi connectivity index (χ0) is 22.7. The molecule has 0 spiro atoms. The number of carbonyl (C=O) groups excluding carboxylic acids is 2. The standard InChI is InChI=1S/C25H23FN4O2/c1-16-5-3-6-17(13-16)25(32)28-20-9-10-22-21(15-20)29-23(30(22)2)11-12-27-24(31)18-7-4-8-19(26)14-18/h3-10,13-15H,11-12H2,1-2H3,(H,27,31)(H,28,32). The number of carbonyl (C=O) groups is 2. The number of hydrogen-bond acceptors (Lipinski definition) is 3. The first kappa shape index (κ1) is 21.2. The highest BCUT2D eigenvalue weighted by atomic mass is 19.1. The number of halogens is 1. The second kappa shape index (κ2) is 9.01. The predicted molar refractivity (Wildman–Crippen MR) is 122 cm³/mol. The Morgan fingerprint density at radius 2 is 1.72 bits per heavy atom. The van der Waals surface area contributed by atoms with Crippen LogP contribution in [0.15, 0.2) is 66.7 Å². The number of imidazole rings is 1. The zero-order valence-electron chi connectivity index (χ0n) is 17.9. The van der Waals surface area contributed by atoms with Crippen LogP contribution in [0.5, 0.6) is 0 Å². The van der Waals surface area contributed by atoms with Crippen molar-refractivity contribution in [2.45, 2.75) is 13.3 Å². The summed E-state index contributed by atoms with van der Waals surface area (Å²) in [4.78, 5) is 29.4. The van der Waals surface area contributed by atoms with Crippen LogP contribution in [0, 0.1) is 12.7 Å². The topological polar surface area (TPSA) is 76.0 Å². The molecule has 1 heterocycles. The molecule has 0 fully saturated rings. The summed E-state index contributed by atoms with van der Waals surface area (Å²) >= 11 is 0. The quantitative estimate of drug-likeness (QED) is 0.480. The molecule has 0 aliphatic rings. The number of anilines is 1. The number of aromatic nitrogens is 2. The first-order valence-electron chi connectivity index (χ1n) is 10.3. The highest BCUT2D eigenvalue weighted by Crippen LogP contribution is 2.20. The van der Waals surface area contributed by atoms with Crippen LogP contribution >= 0.6 is 0 Å². The van der Waals surface area contributed by atoms with Gasteiger partial charge < -0.3 is 15.2 Å². The summed E-state index contributed by atoms with van der Waals surface area (Å²) in [6.45, 7) is 2.31. The number of benzene rings is 3. The summed E-state index contributed by atoms with van der Waals surface area (Å²) in [6, 6.07) is 18.6. The van der Waals surface area contributed by atoms with E-state index in [0.29, 0.717) is 24.2 Å². The minimum atomic E-state index is -0.446. The number of rotatable bonds is 6. The number of amides is 2. The molecule has 0 aliphatic carbocycles. The molecular formula is C25H23FN4O2. The van der Waals surface area contributed by atoms with Gasteiger partial charge in [0, 0.05) is 36.8 Å². The van der Waals surface area contributed by atoms with Crippen molar-refractivity contribution >= 4 is 28.5 Å². The van der Waals surface area contributed by atoms with Crippen LogP contribution < -0.4 is 10.6 Å². The predicted octanol–water partition coefficient (Wildman–Crippen LogP) is 4.25. The van der Waals surface area contributed by atoms with Crippen LogP contribution in [0.4, 0.5) is 10.1 Å². The summed E-state index contributed by atoms with van der Waals surface area (Å²) < 4.78 is 15.2. The molecule has 0 atom stereocenters. The number of hydrogen-bond donors (Lipinski definition) is 2. The van der Waals surface area contributed by atoms with Crippen LogP contribution in [0.1, 0.15) is 32.1 Å². The molecule has 0 radical (unpaired) electrons. The summed E-state index contributed by atoms with van der Waals surface area (Å²) in [5, 5.41) is 5.70. The van der Waals surface area contributed by atoms with Crippen LogP contribution in [0.3, 0.4) is 0 Å². The lowest BCUT2D eigenvalue weighted by Crippen LogP contribution is -2.26. The Morgan fingerprint density at radius 1 is 0.969 bits per heavy atom. The Hall–Kier alpha value is -4.00. The van der Waals surface area contributed by atoms with Gasteiger partial charge >= 0.3 is 0 Å². The largest absolute Gasteiger partial charge is 0.352 e. The van der Waals surface area contributed by atoms with Gasteiger partial charge in [-0.25, -0.2) is 9.37 Å². The number of aryl methyl sites for hydroxylation is 2. The number of fused-ring (bicyclic) bond motifs is 1. The maximum Gasteiger partial charge on any atom is 0.255 e. The number of nitrogens with zero attached hydrogens (tertiary/aromatic N) is 2. The highest BCUT2D eigenvalue weighted by Gasteiger charge is 2.12. The Labute approximate surface area is 185 Å². The third-order valence-electron chi connectivity index (χ3n) is 5.23. The summed E-state index contributed by atoms with van der Waals surface area (Å²) in [5.74, 6) is -0.159. The third kappa shape index (κ3) is 4.67. The van der Waals surface area contributed by atoms with E-state index in [2.05, 4.69) is 15.6 Å². The van der Waals surface area contributed by atoms with Crippen molar-refractivity contribution < 1.29 is 14.0 Å². The molecule has 2 amide bonds. The van der Waals surface area contributed by atoms with E-state index in [-0.39, 0.29) is 17.4 Å². The van der Waals surface area contributed by atoms with Gasteiger partial charge in [-0.2, -0.15) is 0 Å². The molecule has 0 saturated carbocycles. The maximum atomic E-state index is 13.3. The van der Waals surface area contributed by atoms with Gasteiger partial charge in [-0.05, 0) is 55.5 Å². The van der Waals surface area contributed by atoms with E-state index < -0.39 is 5.82 Å². The van der Waals surface area contributed by atoms with E-state index in [9.17, 15) is 14.0 Å². The van der Waals surface area contributed by atoms with Crippen LogP contribution in [0.2, 0.25) is 0 Å². The van der Waals surface area contributed by atoms with Crippen molar-refractivity contribution in [1.82, 2.24) is 14.9 Å². The van der Waals surface area contributed by atoms with E-state index in [4.69, 9.17) is 0 Å². The molecule has 0 bridgehead atoms. The van der Waals surface area contributed by atoms with E-state index in [0.717, 1.165) is 22.4 Å². The Morgan fingerprint density at radius 3 is 2.47 bits per heavy atom. The SMILES string of the molecule is Cc1cccc(C(=O)Nc2ccc3c(c2)nc(CCNC(=O)c2cccc(F)c2)n3C)c1. The van der Waals surface area contributed by atoms with Crippen LogP contribution in [-0.4, -0.2) is 27.9 Å². The minimum Gasteiger partial charge on any atom is -0.352 e. The van der Waals surface area contributed by atoms with Gasteiger partial charge in [-0.15, -0.1) is 0 Å². The lowest BCUT2D eigenvalue weighted by Gasteiger charge is -2.06. The fraction of sp³-hybridized carbons (Fsp3) is 0.160. The molecule has 7 heteroatoms. The first-order valence-corrected chi connectivity index (χ1v) is 10.3. The zero-order valence-corrected chi connectivity index (χ0v) is 17.9. The first-order chi connectivity index (χ1) is 15.4. The lowest BCUT2D eigenvalue weighted by atomic mass is 10.1. The Bertz CT molecular complexity index is 1310. The molecular weight excluding hydrogens is 407 g/mol. The van der Waals surface area contributed by atoms with Crippen molar-refractivity contribution in [3.63, 3.8) is 0 Å². The van der Waals surface area contributed by atoms with Crippen molar-refractivity contribution in [2.75, 3.05) is 11.9 Å². The third-order valence-corrected chi connectivity index (χ3v) is 5.23. The average Bonchev–Trinajstić information content (AvgIpc) is 3.08. The van der Waals surface area contributed by atoms with Crippen molar-refractivity contribution in [3.05, 3.63) is 95.1 Å². The summed E-state index contributed by atoms with van der Waals surface area (Å²) in [7, 11) is 1.91. The van der Waals surface area contributed by atoms with E-state index in [1.807, 2.05) is 54.9 Å². The minimum absolute atomic E-state index is 0.177. The molecule has 162 valence electrons. The van der Waals surface area contributed by atoms with Gasteiger partial charge in [-0.1, -0.05) is 23.8 Å². The molecule has 3 aromatic carbocycles. The lowest BCUT2D eigenvalue weighted by molar-refractivity contribution is 0.0952. The fourth-order valence-electron chi connectivity index (χ4n) is 3.56. The van der Waals surface area contributed by atoms with Gasteiger partial charge in [0.25, 0.3) is 11.8 Å². The second-order valence-electron chi connectivity index (χ2n) is 7.63. The molecule has 0 saturated heterocycles. The molecule has 4 rings (SSSR count). The van der Waals surface area contributed by atoms with E-state index in [1.54, 1.807) is 12.1 Å². The molecule has 0 unspecified atom stereocenters. The highest BCUT2D eigenvalue weighted by molar-refractivity contribution is 6.05. The molecule has 6 nitrogen and oxygen atoms in total. The van der Waals surface area contributed by atoms with Crippen LogP contribution in [0.25, 0.3) is 11.0 Å². The van der Waals surface area contributed by atoms with Gasteiger partial charge in [0.1, 0.15) is 11.6 Å². The van der Waals surface area contributed by atoms with Crippen molar-refractivity contribution in [3.8, 4) is 0 Å². The monoisotopic (exact) mass is 430 g/mol. The smallest absolute Gasteiger partial charge is 0.255 e. The number of nitrogens with one attached hydrogen (secondary N) is 2.